The number of hydrogen-bond donors (Lipinski definition) is 3. The lowest BCUT2D eigenvalue weighted by Gasteiger charge is -2.21. The van der Waals surface area contributed by atoms with Gasteiger partial charge < -0.3 is 15.3 Å². The lowest BCUT2D eigenvalue weighted by molar-refractivity contribution is -0.146. The second-order valence-corrected chi connectivity index (χ2v) is 12.8. The molecule has 0 heterocycles. The zero-order valence-electron chi connectivity index (χ0n) is 27.9. The third-order valence-electron chi connectivity index (χ3n) is 8.78. The Bertz CT molecular complexity index is 640. The number of carbonyl (C=O) groups is 2. The first kappa shape index (κ1) is 41.0. The standard InChI is InChI=1S/C37H70O5/c1-3-5-6-7-8-9-10-11-12-13-14-17-20-23-26-30-35(40)34(28-4-2)29-25-22-19-16-15-18-21-24-27-31-36(41)37(42,32-38)33-39/h11-12,34,38-39,42H,3-10,13-33H2,1-2H3/b12-11-. The Morgan fingerprint density at radius 3 is 1.45 bits per heavy atom. The van der Waals surface area contributed by atoms with Crippen molar-refractivity contribution in [2.24, 2.45) is 5.92 Å². The first-order valence-corrected chi connectivity index (χ1v) is 18.1. The molecule has 5 nitrogen and oxygen atoms in total. The minimum absolute atomic E-state index is 0.201. The number of aliphatic hydroxyl groups is 3. The average molecular weight is 595 g/mol. The van der Waals surface area contributed by atoms with Crippen LogP contribution < -0.4 is 0 Å². The predicted molar refractivity (Wildman–Crippen MR) is 178 cm³/mol. The summed E-state index contributed by atoms with van der Waals surface area (Å²) in [5, 5.41) is 27.9. The van der Waals surface area contributed by atoms with E-state index in [1.54, 1.807) is 0 Å². The smallest absolute Gasteiger partial charge is 0.169 e. The molecule has 3 N–H and O–H groups in total. The van der Waals surface area contributed by atoms with Crippen molar-refractivity contribution in [3.8, 4) is 0 Å². The number of unbranched alkanes of at least 4 members (excludes halogenated alkanes) is 19. The van der Waals surface area contributed by atoms with E-state index >= 15 is 0 Å². The Labute approximate surface area is 260 Å². The summed E-state index contributed by atoms with van der Waals surface area (Å²) in [6.45, 7) is 3.00. The fraction of sp³-hybridized carbons (Fsp3) is 0.892. The summed E-state index contributed by atoms with van der Waals surface area (Å²) in [5.74, 6) is 0.299. The number of aliphatic hydroxyl groups excluding tert-OH is 2. The van der Waals surface area contributed by atoms with Gasteiger partial charge in [0.05, 0.1) is 13.2 Å². The van der Waals surface area contributed by atoms with Gasteiger partial charge in [0, 0.05) is 18.8 Å². The van der Waals surface area contributed by atoms with E-state index in [1.807, 2.05) is 0 Å². The molecule has 0 saturated carbocycles. The molecule has 5 heteroatoms. The van der Waals surface area contributed by atoms with Gasteiger partial charge in [0.2, 0.25) is 0 Å². The van der Waals surface area contributed by atoms with Gasteiger partial charge in [0.15, 0.2) is 11.4 Å². The van der Waals surface area contributed by atoms with Crippen LogP contribution in [0, 0.1) is 5.92 Å². The summed E-state index contributed by atoms with van der Waals surface area (Å²) in [6.07, 6.45) is 35.5. The van der Waals surface area contributed by atoms with Crippen molar-refractivity contribution in [1.82, 2.24) is 0 Å². The lowest BCUT2D eigenvalue weighted by Crippen LogP contribution is -2.45. The van der Waals surface area contributed by atoms with Gasteiger partial charge in [-0.2, -0.15) is 0 Å². The Morgan fingerprint density at radius 2 is 0.976 bits per heavy atom. The molecule has 0 rings (SSSR count). The quantitative estimate of drug-likeness (QED) is 0.0519. The largest absolute Gasteiger partial charge is 0.393 e. The molecule has 0 aliphatic heterocycles. The van der Waals surface area contributed by atoms with E-state index in [2.05, 4.69) is 26.0 Å². The molecule has 1 unspecified atom stereocenters. The van der Waals surface area contributed by atoms with Crippen LogP contribution in [-0.4, -0.2) is 45.7 Å². The maximum atomic E-state index is 12.8. The molecule has 0 bridgehead atoms. The second kappa shape index (κ2) is 30.0. The van der Waals surface area contributed by atoms with Crippen LogP contribution in [0.2, 0.25) is 0 Å². The summed E-state index contributed by atoms with van der Waals surface area (Å²) in [7, 11) is 0. The first-order chi connectivity index (χ1) is 20.4. The summed E-state index contributed by atoms with van der Waals surface area (Å²) in [5.41, 5.74) is -1.98. The van der Waals surface area contributed by atoms with Crippen LogP contribution in [0.5, 0.6) is 0 Å². The second-order valence-electron chi connectivity index (χ2n) is 12.8. The van der Waals surface area contributed by atoms with E-state index in [9.17, 15) is 14.7 Å². The SMILES string of the molecule is CCCCCCCC/C=C\CCCCCCCC(=O)C(CCC)CCCCCCCCCCCC(=O)C(O)(CO)CO. The monoisotopic (exact) mass is 595 g/mol. The molecule has 0 aromatic carbocycles. The van der Waals surface area contributed by atoms with E-state index in [1.165, 1.54) is 103 Å². The molecule has 0 aromatic heterocycles. The van der Waals surface area contributed by atoms with Crippen molar-refractivity contribution in [2.75, 3.05) is 13.2 Å². The molecule has 0 aliphatic rings. The molecule has 248 valence electrons. The van der Waals surface area contributed by atoms with Crippen LogP contribution in [-0.2, 0) is 9.59 Å². The Kier molecular flexibility index (Phi) is 29.3. The van der Waals surface area contributed by atoms with Gasteiger partial charge in [-0.25, -0.2) is 0 Å². The Hall–Kier alpha value is -1.04. The van der Waals surface area contributed by atoms with Gasteiger partial charge >= 0.3 is 0 Å². The third kappa shape index (κ3) is 23.4. The van der Waals surface area contributed by atoms with E-state index in [-0.39, 0.29) is 12.3 Å². The molecule has 0 radical (unpaired) electrons. The highest BCUT2D eigenvalue weighted by molar-refractivity contribution is 5.87. The molecule has 42 heavy (non-hydrogen) atoms. The van der Waals surface area contributed by atoms with Gasteiger partial charge in [-0.3, -0.25) is 9.59 Å². The molecule has 1 atom stereocenters. The van der Waals surface area contributed by atoms with Gasteiger partial charge in [-0.15, -0.1) is 0 Å². The van der Waals surface area contributed by atoms with E-state index in [4.69, 9.17) is 10.2 Å². The molecule has 0 aliphatic carbocycles. The summed E-state index contributed by atoms with van der Waals surface area (Å²) in [4.78, 5) is 24.7. The van der Waals surface area contributed by atoms with Crippen LogP contribution in [0.4, 0.5) is 0 Å². The van der Waals surface area contributed by atoms with Gasteiger partial charge in [0.1, 0.15) is 5.78 Å². The van der Waals surface area contributed by atoms with E-state index in [0.29, 0.717) is 12.2 Å². The summed E-state index contributed by atoms with van der Waals surface area (Å²) >= 11 is 0. The van der Waals surface area contributed by atoms with Crippen molar-refractivity contribution in [1.29, 1.82) is 0 Å². The van der Waals surface area contributed by atoms with Crippen molar-refractivity contribution >= 4 is 11.6 Å². The lowest BCUT2D eigenvalue weighted by atomic mass is 9.89. The van der Waals surface area contributed by atoms with Crippen molar-refractivity contribution < 1.29 is 24.9 Å². The van der Waals surface area contributed by atoms with Crippen LogP contribution in [0.15, 0.2) is 12.2 Å². The highest BCUT2D eigenvalue weighted by Crippen LogP contribution is 2.21. The highest BCUT2D eigenvalue weighted by atomic mass is 16.4. The molecule has 0 amide bonds. The fourth-order valence-corrected chi connectivity index (χ4v) is 5.76. The van der Waals surface area contributed by atoms with Crippen molar-refractivity contribution in [3.63, 3.8) is 0 Å². The third-order valence-corrected chi connectivity index (χ3v) is 8.78. The van der Waals surface area contributed by atoms with Crippen molar-refractivity contribution in [2.45, 2.75) is 193 Å². The van der Waals surface area contributed by atoms with Crippen LogP contribution in [0.3, 0.4) is 0 Å². The average Bonchev–Trinajstić information content (AvgIpc) is 3.00. The number of hydrogen-bond acceptors (Lipinski definition) is 5. The van der Waals surface area contributed by atoms with Gasteiger partial charge in [0.25, 0.3) is 0 Å². The fourth-order valence-electron chi connectivity index (χ4n) is 5.76. The number of allylic oxidation sites excluding steroid dienone is 2. The van der Waals surface area contributed by atoms with E-state index < -0.39 is 24.6 Å². The van der Waals surface area contributed by atoms with Gasteiger partial charge in [-0.05, 0) is 51.4 Å². The zero-order chi connectivity index (χ0) is 31.2. The minimum atomic E-state index is -1.98. The Balaban J connectivity index is 3.69. The molecule has 0 aromatic rings. The van der Waals surface area contributed by atoms with Crippen LogP contribution in [0.25, 0.3) is 0 Å². The molecule has 0 spiro atoms. The summed E-state index contributed by atoms with van der Waals surface area (Å²) < 4.78 is 0. The van der Waals surface area contributed by atoms with Gasteiger partial charge in [-0.1, -0.05) is 135 Å². The first-order valence-electron chi connectivity index (χ1n) is 18.1. The van der Waals surface area contributed by atoms with Crippen LogP contribution in [0.1, 0.15) is 187 Å². The summed E-state index contributed by atoms with van der Waals surface area (Å²) in [6, 6.07) is 0. The molecular weight excluding hydrogens is 524 g/mol. The maximum absolute atomic E-state index is 12.8. The molecule has 0 saturated heterocycles. The van der Waals surface area contributed by atoms with E-state index in [0.717, 1.165) is 57.8 Å². The van der Waals surface area contributed by atoms with Crippen LogP contribution >= 0.6 is 0 Å². The number of carbonyl (C=O) groups excluding carboxylic acids is 2. The maximum Gasteiger partial charge on any atom is 0.169 e. The molecular formula is C37H70O5. The number of ketones is 2. The predicted octanol–water partition coefficient (Wildman–Crippen LogP) is 9.59. The molecule has 0 fully saturated rings. The number of Topliss-reactive ketones (excluding diaryl/α,β-unsaturated/α-hetero) is 2. The highest BCUT2D eigenvalue weighted by Gasteiger charge is 2.33. The minimum Gasteiger partial charge on any atom is -0.393 e. The number of rotatable bonds is 33. The Morgan fingerprint density at radius 1 is 0.548 bits per heavy atom. The zero-order valence-corrected chi connectivity index (χ0v) is 27.9. The normalized spacial score (nSPS) is 12.8. The topological polar surface area (TPSA) is 94.8 Å². The van der Waals surface area contributed by atoms with Crippen molar-refractivity contribution in [3.05, 3.63) is 12.2 Å².